The lowest BCUT2D eigenvalue weighted by molar-refractivity contribution is 0.0696. The van der Waals surface area contributed by atoms with Crippen molar-refractivity contribution in [2.24, 2.45) is 0 Å². The highest BCUT2D eigenvalue weighted by molar-refractivity contribution is 9.10. The lowest BCUT2D eigenvalue weighted by Gasteiger charge is -2.09. The van der Waals surface area contributed by atoms with Gasteiger partial charge in [0.2, 0.25) is 0 Å². The molecule has 0 aliphatic carbocycles. The summed E-state index contributed by atoms with van der Waals surface area (Å²) in [6.07, 6.45) is 0. The maximum absolute atomic E-state index is 13.3. The number of aromatic carboxylic acids is 1. The number of rotatable bonds is 4. The number of ether oxygens (including phenoxy) is 1. The molecule has 1 N–H and O–H groups in total. The van der Waals surface area contributed by atoms with Crippen molar-refractivity contribution in [3.8, 4) is 5.75 Å². The average molecular weight is 339 g/mol. The number of carboxylic acid groups (broad SMARTS) is 1. The maximum atomic E-state index is 13.3. The van der Waals surface area contributed by atoms with E-state index >= 15 is 0 Å². The van der Waals surface area contributed by atoms with Gasteiger partial charge in [-0.1, -0.05) is 6.07 Å². The number of carboxylic acids is 1. The van der Waals surface area contributed by atoms with Crippen LogP contribution in [0.25, 0.3) is 0 Å². The Morgan fingerprint density at radius 1 is 1.30 bits per heavy atom. The summed E-state index contributed by atoms with van der Waals surface area (Å²) in [5, 5.41) is 8.88. The first kappa shape index (κ1) is 14.5. The minimum atomic E-state index is -1.16. The lowest BCUT2D eigenvalue weighted by Crippen LogP contribution is -2.02. The Labute approximate surface area is 124 Å². The van der Waals surface area contributed by atoms with Crippen molar-refractivity contribution in [1.29, 1.82) is 0 Å². The van der Waals surface area contributed by atoms with Crippen molar-refractivity contribution < 1.29 is 19.0 Å². The van der Waals surface area contributed by atoms with E-state index in [0.717, 1.165) is 16.1 Å². The van der Waals surface area contributed by atoms with E-state index in [4.69, 9.17) is 9.84 Å². The fraction of sp³-hybridized carbons (Fsp3) is 0.133. The molecule has 2 rings (SSSR count). The smallest absolute Gasteiger partial charge is 0.335 e. The zero-order chi connectivity index (χ0) is 14.7. The van der Waals surface area contributed by atoms with Gasteiger partial charge in [0.25, 0.3) is 0 Å². The summed E-state index contributed by atoms with van der Waals surface area (Å²) in [5.41, 5.74) is 1.46. The van der Waals surface area contributed by atoms with E-state index in [1.807, 2.05) is 19.1 Å². The van der Waals surface area contributed by atoms with Crippen LogP contribution in [0.3, 0.4) is 0 Å². The Hall–Kier alpha value is -1.88. The van der Waals surface area contributed by atoms with Crippen molar-refractivity contribution in [2.45, 2.75) is 13.5 Å². The molecule has 20 heavy (non-hydrogen) atoms. The molecule has 0 heterocycles. The quantitative estimate of drug-likeness (QED) is 0.909. The topological polar surface area (TPSA) is 46.5 Å². The standard InChI is InChI=1S/C15H12BrFO3/c1-9-2-3-14(13(16)4-9)20-8-10-5-11(15(18)19)7-12(17)6-10/h2-7H,8H2,1H3,(H,18,19). The predicted molar refractivity (Wildman–Crippen MR) is 76.6 cm³/mol. The van der Waals surface area contributed by atoms with E-state index in [0.29, 0.717) is 11.3 Å². The molecule has 3 nitrogen and oxygen atoms in total. The number of hydrogen-bond donors (Lipinski definition) is 1. The molecule has 0 spiro atoms. The van der Waals surface area contributed by atoms with E-state index in [-0.39, 0.29) is 12.2 Å². The molecule has 0 saturated heterocycles. The van der Waals surface area contributed by atoms with Gasteiger partial charge in [-0.05, 0) is 64.3 Å². The fourth-order valence-electron chi connectivity index (χ4n) is 1.74. The maximum Gasteiger partial charge on any atom is 0.335 e. The van der Waals surface area contributed by atoms with Gasteiger partial charge < -0.3 is 9.84 Å². The summed E-state index contributed by atoms with van der Waals surface area (Å²) in [6, 6.07) is 9.24. The molecule has 0 fully saturated rings. The molecule has 0 aliphatic rings. The van der Waals surface area contributed by atoms with Gasteiger partial charge >= 0.3 is 5.97 Å². The molecule has 5 heteroatoms. The normalized spacial score (nSPS) is 10.3. The minimum absolute atomic E-state index is 0.0911. The number of benzene rings is 2. The van der Waals surface area contributed by atoms with Gasteiger partial charge in [0.05, 0.1) is 10.0 Å². The summed E-state index contributed by atoms with van der Waals surface area (Å²) >= 11 is 3.38. The molecule has 2 aromatic rings. The van der Waals surface area contributed by atoms with Crippen LogP contribution in [0.1, 0.15) is 21.5 Å². The molecule has 0 saturated carbocycles. The summed E-state index contributed by atoms with van der Waals surface area (Å²) < 4.78 is 19.7. The Bertz CT molecular complexity index is 656. The van der Waals surface area contributed by atoms with E-state index < -0.39 is 11.8 Å². The van der Waals surface area contributed by atoms with Crippen LogP contribution in [-0.4, -0.2) is 11.1 Å². The zero-order valence-corrected chi connectivity index (χ0v) is 12.3. The van der Waals surface area contributed by atoms with E-state index in [2.05, 4.69) is 15.9 Å². The van der Waals surface area contributed by atoms with Crippen molar-refractivity contribution in [2.75, 3.05) is 0 Å². The third kappa shape index (κ3) is 3.57. The summed E-state index contributed by atoms with van der Waals surface area (Å²) in [4.78, 5) is 10.9. The molecule has 2 aromatic carbocycles. The highest BCUT2D eigenvalue weighted by Crippen LogP contribution is 2.26. The van der Waals surface area contributed by atoms with E-state index in [1.54, 1.807) is 6.07 Å². The Balaban J connectivity index is 2.16. The molecule has 0 radical (unpaired) electrons. The van der Waals surface area contributed by atoms with Crippen molar-refractivity contribution in [3.05, 3.63) is 63.4 Å². The number of hydrogen-bond acceptors (Lipinski definition) is 2. The monoisotopic (exact) mass is 338 g/mol. The van der Waals surface area contributed by atoms with E-state index in [1.165, 1.54) is 12.1 Å². The van der Waals surface area contributed by atoms with Crippen molar-refractivity contribution in [1.82, 2.24) is 0 Å². The Kier molecular flexibility index (Phi) is 4.39. The zero-order valence-electron chi connectivity index (χ0n) is 10.7. The average Bonchev–Trinajstić information content (AvgIpc) is 2.37. The third-order valence-corrected chi connectivity index (χ3v) is 3.31. The van der Waals surface area contributed by atoms with Gasteiger partial charge in [-0.25, -0.2) is 9.18 Å². The first-order valence-electron chi connectivity index (χ1n) is 5.87. The summed E-state index contributed by atoms with van der Waals surface area (Å²) in [6.45, 7) is 2.06. The minimum Gasteiger partial charge on any atom is -0.488 e. The van der Waals surface area contributed by atoms with Gasteiger partial charge in [0, 0.05) is 0 Å². The molecule has 0 aromatic heterocycles. The van der Waals surface area contributed by atoms with Gasteiger partial charge in [-0.15, -0.1) is 0 Å². The molecule has 104 valence electrons. The Morgan fingerprint density at radius 3 is 2.70 bits per heavy atom. The lowest BCUT2D eigenvalue weighted by atomic mass is 10.1. The van der Waals surface area contributed by atoms with Gasteiger partial charge in [-0.3, -0.25) is 0 Å². The molecule has 0 amide bonds. The van der Waals surface area contributed by atoms with Gasteiger partial charge in [0.15, 0.2) is 0 Å². The first-order chi connectivity index (χ1) is 9.45. The third-order valence-electron chi connectivity index (χ3n) is 2.69. The van der Waals surface area contributed by atoms with Gasteiger partial charge in [-0.2, -0.15) is 0 Å². The fourth-order valence-corrected chi connectivity index (χ4v) is 2.35. The number of aryl methyl sites for hydroxylation is 1. The summed E-state index contributed by atoms with van der Waals surface area (Å²) in [7, 11) is 0. The molecule has 0 atom stereocenters. The highest BCUT2D eigenvalue weighted by Gasteiger charge is 2.08. The van der Waals surface area contributed by atoms with Crippen molar-refractivity contribution >= 4 is 21.9 Å². The summed E-state index contributed by atoms with van der Waals surface area (Å²) in [5.74, 6) is -1.13. The van der Waals surface area contributed by atoms with Gasteiger partial charge in [0.1, 0.15) is 18.2 Å². The highest BCUT2D eigenvalue weighted by atomic mass is 79.9. The number of carbonyl (C=O) groups is 1. The van der Waals surface area contributed by atoms with Crippen LogP contribution in [-0.2, 0) is 6.61 Å². The SMILES string of the molecule is Cc1ccc(OCc2cc(F)cc(C(=O)O)c2)c(Br)c1. The second-order valence-electron chi connectivity index (χ2n) is 4.38. The van der Waals surface area contributed by atoms with Crippen LogP contribution in [0.2, 0.25) is 0 Å². The molecular weight excluding hydrogens is 327 g/mol. The van der Waals surface area contributed by atoms with Crippen LogP contribution < -0.4 is 4.74 Å². The Morgan fingerprint density at radius 2 is 2.05 bits per heavy atom. The largest absolute Gasteiger partial charge is 0.488 e. The second-order valence-corrected chi connectivity index (χ2v) is 5.23. The predicted octanol–water partition coefficient (Wildman–Crippen LogP) is 4.17. The van der Waals surface area contributed by atoms with Crippen LogP contribution in [0.4, 0.5) is 4.39 Å². The second kappa shape index (κ2) is 6.05. The molecular formula is C15H12BrFO3. The van der Waals surface area contributed by atoms with Crippen molar-refractivity contribution in [3.63, 3.8) is 0 Å². The van der Waals surface area contributed by atoms with Crippen LogP contribution in [0.5, 0.6) is 5.75 Å². The van der Waals surface area contributed by atoms with E-state index in [9.17, 15) is 9.18 Å². The molecule has 0 bridgehead atoms. The van der Waals surface area contributed by atoms with Crippen LogP contribution in [0.15, 0.2) is 40.9 Å². The molecule has 0 aliphatic heterocycles. The van der Waals surface area contributed by atoms with Crippen LogP contribution >= 0.6 is 15.9 Å². The molecule has 0 unspecified atom stereocenters. The number of halogens is 2. The first-order valence-corrected chi connectivity index (χ1v) is 6.67. The van der Waals surface area contributed by atoms with Crippen LogP contribution in [0, 0.1) is 12.7 Å².